The van der Waals surface area contributed by atoms with Crippen LogP contribution in [0.3, 0.4) is 0 Å². The number of Topliss-reactive ketones (excluding diaryl/α,β-unsaturated/α-hetero) is 1. The molecule has 3 rings (SSSR count). The van der Waals surface area contributed by atoms with Crippen LogP contribution in [0.25, 0.3) is 5.57 Å². The number of allylic oxidation sites excluding steroid dienone is 2. The molecule has 1 N–H and O–H groups in total. The number of ketones is 1. The molecule has 1 heterocycles. The number of benzene rings is 1. The number of ether oxygens (including phenoxy) is 1. The van der Waals surface area contributed by atoms with Crippen molar-refractivity contribution in [3.05, 3.63) is 41.0 Å². The van der Waals surface area contributed by atoms with E-state index in [9.17, 15) is 9.90 Å². The van der Waals surface area contributed by atoms with Crippen molar-refractivity contribution in [2.24, 2.45) is 5.41 Å². The van der Waals surface area contributed by atoms with Crippen LogP contribution in [0.2, 0.25) is 0 Å². The zero-order valence-electron chi connectivity index (χ0n) is 13.6. The maximum absolute atomic E-state index is 12.2. The van der Waals surface area contributed by atoms with E-state index in [0.717, 1.165) is 35.3 Å². The van der Waals surface area contributed by atoms with Gasteiger partial charge in [-0.3, -0.25) is 4.79 Å². The number of hydrogen-bond donors (Lipinski definition) is 1. The van der Waals surface area contributed by atoms with Gasteiger partial charge in [-0.15, -0.1) is 0 Å². The summed E-state index contributed by atoms with van der Waals surface area (Å²) in [7, 11) is 0. The number of aromatic hydroxyl groups is 1. The third-order valence-electron chi connectivity index (χ3n) is 5.15. The average Bonchev–Trinajstić information content (AvgIpc) is 2.46. The molecule has 0 amide bonds. The van der Waals surface area contributed by atoms with Crippen LogP contribution >= 0.6 is 0 Å². The Balaban J connectivity index is 2.22. The quantitative estimate of drug-likeness (QED) is 0.842. The minimum atomic E-state index is -0.431. The molecular weight excluding hydrogens is 276 g/mol. The lowest BCUT2D eigenvalue weighted by Crippen LogP contribution is -2.37. The highest BCUT2D eigenvalue weighted by molar-refractivity contribution is 5.91. The Morgan fingerprint density at radius 1 is 1.45 bits per heavy atom. The summed E-state index contributed by atoms with van der Waals surface area (Å²) in [6.07, 6.45) is 3.61. The van der Waals surface area contributed by atoms with Gasteiger partial charge in [-0.05, 0) is 69.4 Å². The molecule has 1 aromatic carbocycles. The van der Waals surface area contributed by atoms with Crippen molar-refractivity contribution in [2.75, 3.05) is 0 Å². The highest BCUT2D eigenvalue weighted by Crippen LogP contribution is 2.52. The summed E-state index contributed by atoms with van der Waals surface area (Å²) >= 11 is 0. The molecule has 2 atom stereocenters. The number of hydrogen-bond acceptors (Lipinski definition) is 3. The van der Waals surface area contributed by atoms with Gasteiger partial charge in [-0.25, -0.2) is 0 Å². The van der Waals surface area contributed by atoms with Crippen molar-refractivity contribution in [1.82, 2.24) is 0 Å². The molecule has 22 heavy (non-hydrogen) atoms. The van der Waals surface area contributed by atoms with Gasteiger partial charge in [0.1, 0.15) is 23.4 Å². The summed E-state index contributed by atoms with van der Waals surface area (Å²) in [5.74, 6) is 1.15. The van der Waals surface area contributed by atoms with Gasteiger partial charge in [0.05, 0.1) is 5.41 Å². The summed E-state index contributed by atoms with van der Waals surface area (Å²) in [6, 6.07) is 5.27. The molecule has 0 bridgehead atoms. The van der Waals surface area contributed by atoms with Crippen LogP contribution in [-0.2, 0) is 4.79 Å². The normalized spacial score (nSPS) is 28.9. The molecular formula is C19H22O3. The second kappa shape index (κ2) is 5.01. The number of carbonyl (C=O) groups excluding carboxylic acids is 1. The Morgan fingerprint density at radius 3 is 2.82 bits per heavy atom. The predicted molar refractivity (Wildman–Crippen MR) is 86.9 cm³/mol. The van der Waals surface area contributed by atoms with Gasteiger partial charge in [0.15, 0.2) is 0 Å². The third-order valence-corrected chi connectivity index (χ3v) is 5.15. The molecule has 1 aliphatic heterocycles. The van der Waals surface area contributed by atoms with Crippen LogP contribution in [0, 0.1) is 5.41 Å². The molecule has 3 heteroatoms. The van der Waals surface area contributed by atoms with Gasteiger partial charge in [-0.1, -0.05) is 6.08 Å². The van der Waals surface area contributed by atoms with Gasteiger partial charge in [-0.2, -0.15) is 0 Å². The fourth-order valence-corrected chi connectivity index (χ4v) is 3.80. The number of fused-ring (bicyclic) bond motifs is 2. The second-order valence-corrected chi connectivity index (χ2v) is 6.42. The number of rotatable bonds is 1. The first-order chi connectivity index (χ1) is 10.4. The topological polar surface area (TPSA) is 46.5 Å². The van der Waals surface area contributed by atoms with Crippen LogP contribution < -0.4 is 4.74 Å². The van der Waals surface area contributed by atoms with Crippen LogP contribution in [0.4, 0.5) is 0 Å². The second-order valence-electron chi connectivity index (χ2n) is 6.42. The molecule has 2 aliphatic rings. The summed E-state index contributed by atoms with van der Waals surface area (Å²) < 4.78 is 6.02. The third kappa shape index (κ3) is 1.99. The standard InChI is InChI=1S/C19H22O3/c1-5-16-18-11(2)22-17-10-13(21)6-7-14(17)15(18)8-9-19(16,4)12(3)20/h5-7,10-11,21H,8-9H2,1-4H3/b16-5-. The Morgan fingerprint density at radius 2 is 2.18 bits per heavy atom. The van der Waals surface area contributed by atoms with E-state index in [-0.39, 0.29) is 17.6 Å². The molecule has 3 nitrogen and oxygen atoms in total. The molecule has 0 spiro atoms. The Kier molecular flexibility index (Phi) is 3.39. The van der Waals surface area contributed by atoms with Gasteiger partial charge in [0, 0.05) is 11.6 Å². The Labute approximate surface area is 131 Å². The highest BCUT2D eigenvalue weighted by atomic mass is 16.5. The van der Waals surface area contributed by atoms with Crippen molar-refractivity contribution in [2.45, 2.75) is 46.6 Å². The lowest BCUT2D eigenvalue weighted by molar-refractivity contribution is -0.124. The van der Waals surface area contributed by atoms with Crippen molar-refractivity contribution in [1.29, 1.82) is 0 Å². The van der Waals surface area contributed by atoms with Crippen molar-refractivity contribution < 1.29 is 14.6 Å². The van der Waals surface area contributed by atoms with Crippen LogP contribution in [0.15, 0.2) is 35.4 Å². The minimum Gasteiger partial charge on any atom is -0.508 e. The fourth-order valence-electron chi connectivity index (χ4n) is 3.80. The molecule has 0 saturated carbocycles. The zero-order chi connectivity index (χ0) is 16.1. The van der Waals surface area contributed by atoms with E-state index < -0.39 is 5.41 Å². The Hall–Kier alpha value is -2.03. The molecule has 116 valence electrons. The van der Waals surface area contributed by atoms with Crippen LogP contribution in [0.5, 0.6) is 11.5 Å². The van der Waals surface area contributed by atoms with Crippen molar-refractivity contribution >= 4 is 11.4 Å². The molecule has 1 aromatic rings. The zero-order valence-corrected chi connectivity index (χ0v) is 13.6. The summed E-state index contributed by atoms with van der Waals surface area (Å²) in [6.45, 7) is 7.71. The van der Waals surface area contributed by atoms with Gasteiger partial charge in [0.25, 0.3) is 0 Å². The minimum absolute atomic E-state index is 0.116. The first-order valence-corrected chi connectivity index (χ1v) is 7.79. The SMILES string of the molecule is C/C=C1/C2=C(CCC1(C)C(C)=O)c1ccc(O)cc1OC2C. The van der Waals surface area contributed by atoms with E-state index in [0.29, 0.717) is 0 Å². The maximum Gasteiger partial charge on any atom is 0.140 e. The van der Waals surface area contributed by atoms with Crippen LogP contribution in [0.1, 0.15) is 46.1 Å². The fraction of sp³-hybridized carbons (Fsp3) is 0.421. The van der Waals surface area contributed by atoms with E-state index in [4.69, 9.17) is 4.74 Å². The van der Waals surface area contributed by atoms with Gasteiger partial charge >= 0.3 is 0 Å². The summed E-state index contributed by atoms with van der Waals surface area (Å²) in [4.78, 5) is 12.2. The lowest BCUT2D eigenvalue weighted by Gasteiger charge is -2.42. The Bertz CT molecular complexity index is 711. The number of phenols is 1. The summed E-state index contributed by atoms with van der Waals surface area (Å²) in [5.41, 5.74) is 4.09. The number of carbonyl (C=O) groups is 1. The molecule has 1 aliphatic carbocycles. The van der Waals surface area contributed by atoms with Gasteiger partial charge < -0.3 is 9.84 Å². The molecule has 0 saturated heterocycles. The molecule has 0 aromatic heterocycles. The average molecular weight is 298 g/mol. The first kappa shape index (κ1) is 14.9. The van der Waals surface area contributed by atoms with E-state index in [2.05, 4.69) is 6.08 Å². The summed E-state index contributed by atoms with van der Waals surface area (Å²) in [5, 5.41) is 9.67. The highest BCUT2D eigenvalue weighted by Gasteiger charge is 2.43. The van der Waals surface area contributed by atoms with Crippen LogP contribution in [-0.4, -0.2) is 17.0 Å². The van der Waals surface area contributed by atoms with Gasteiger partial charge in [0.2, 0.25) is 0 Å². The monoisotopic (exact) mass is 298 g/mol. The van der Waals surface area contributed by atoms with Crippen molar-refractivity contribution in [3.8, 4) is 11.5 Å². The van der Waals surface area contributed by atoms with E-state index in [1.54, 1.807) is 19.1 Å². The van der Waals surface area contributed by atoms with E-state index >= 15 is 0 Å². The van der Waals surface area contributed by atoms with E-state index in [1.807, 2.05) is 26.8 Å². The van der Waals surface area contributed by atoms with E-state index in [1.165, 1.54) is 5.57 Å². The van der Waals surface area contributed by atoms with Crippen molar-refractivity contribution in [3.63, 3.8) is 0 Å². The molecule has 2 unspecified atom stereocenters. The maximum atomic E-state index is 12.2. The molecule has 0 radical (unpaired) electrons. The smallest absolute Gasteiger partial charge is 0.140 e. The molecule has 0 fully saturated rings. The lowest BCUT2D eigenvalue weighted by atomic mass is 9.64. The predicted octanol–water partition coefficient (Wildman–Crippen LogP) is 4.26. The largest absolute Gasteiger partial charge is 0.508 e. The first-order valence-electron chi connectivity index (χ1n) is 7.79. The number of phenolic OH excluding ortho intramolecular Hbond substituents is 1.